The summed E-state index contributed by atoms with van der Waals surface area (Å²) in [7, 11) is 3.22. The van der Waals surface area contributed by atoms with Gasteiger partial charge in [-0.15, -0.1) is 11.3 Å². The molecule has 0 radical (unpaired) electrons. The summed E-state index contributed by atoms with van der Waals surface area (Å²) < 4.78 is 12.5. The van der Waals surface area contributed by atoms with Gasteiger partial charge in [0, 0.05) is 17.5 Å². The summed E-state index contributed by atoms with van der Waals surface area (Å²) in [6.07, 6.45) is 3.67. The molecule has 9 heteroatoms. The molecule has 2 heterocycles. The number of fused-ring (bicyclic) bond motifs is 3. The number of nitrogens with zero attached hydrogens (tertiary/aromatic N) is 2. The van der Waals surface area contributed by atoms with E-state index in [9.17, 15) is 9.59 Å². The summed E-state index contributed by atoms with van der Waals surface area (Å²) >= 11 is 2.94. The van der Waals surface area contributed by atoms with Crippen molar-refractivity contribution in [2.24, 2.45) is 0 Å². The van der Waals surface area contributed by atoms with Crippen molar-refractivity contribution in [2.75, 3.05) is 20.0 Å². The number of rotatable bonds is 9. The third kappa shape index (κ3) is 5.04. The lowest BCUT2D eigenvalue weighted by Gasteiger charge is -2.14. The molecule has 0 bridgehead atoms. The van der Waals surface area contributed by atoms with Crippen molar-refractivity contribution in [1.82, 2.24) is 14.9 Å². The van der Waals surface area contributed by atoms with Gasteiger partial charge in [0.15, 0.2) is 16.7 Å². The van der Waals surface area contributed by atoms with Gasteiger partial charge in [-0.2, -0.15) is 0 Å². The standard InChI is InChI=1S/C24H29N3O4S2/c1-14(2)25-20(28)13-32-24-26-22-21(16-6-5-7-19(16)33-22)23(29)27(24)11-10-15-8-9-17(30-3)18(12-15)31-4/h8-9,12,14H,5-7,10-11,13H2,1-4H3,(H,25,28). The SMILES string of the molecule is COc1ccc(CCn2c(SCC(=O)NC(C)C)nc3sc4c(c3c2=O)CCC4)cc1OC. The Labute approximate surface area is 201 Å². The summed E-state index contributed by atoms with van der Waals surface area (Å²) in [5, 5.41) is 4.25. The molecule has 1 aromatic carbocycles. The normalized spacial score (nSPS) is 12.9. The molecule has 0 atom stereocenters. The fraction of sp³-hybridized carbons (Fsp3) is 0.458. The van der Waals surface area contributed by atoms with Crippen LogP contribution in [0, 0.1) is 0 Å². The average molecular weight is 488 g/mol. The van der Waals surface area contributed by atoms with Gasteiger partial charge in [0.2, 0.25) is 5.91 Å². The van der Waals surface area contributed by atoms with E-state index in [1.807, 2.05) is 32.0 Å². The van der Waals surface area contributed by atoms with Crippen LogP contribution in [-0.2, 0) is 30.6 Å². The third-order valence-corrected chi connectivity index (χ3v) is 7.81. The minimum atomic E-state index is -0.0653. The number of ether oxygens (including phenoxy) is 2. The Balaban J connectivity index is 1.66. The van der Waals surface area contributed by atoms with Gasteiger partial charge in [-0.25, -0.2) is 4.98 Å². The summed E-state index contributed by atoms with van der Waals surface area (Å²) in [4.78, 5) is 32.8. The smallest absolute Gasteiger partial charge is 0.263 e. The number of aromatic nitrogens is 2. The minimum absolute atomic E-state index is 0.00774. The molecule has 0 aliphatic heterocycles. The Kier molecular flexibility index (Phi) is 7.29. The van der Waals surface area contributed by atoms with Gasteiger partial charge in [0.05, 0.1) is 25.4 Å². The molecule has 3 aromatic rings. The maximum absolute atomic E-state index is 13.6. The quantitative estimate of drug-likeness (QED) is 0.365. The highest BCUT2D eigenvalue weighted by molar-refractivity contribution is 7.99. The molecule has 7 nitrogen and oxygen atoms in total. The second kappa shape index (κ2) is 10.2. The Morgan fingerprint density at radius 1 is 1.24 bits per heavy atom. The molecule has 1 aliphatic rings. The van der Waals surface area contributed by atoms with Crippen molar-refractivity contribution >= 4 is 39.2 Å². The second-order valence-electron chi connectivity index (χ2n) is 8.34. The predicted octanol–water partition coefficient (Wildman–Crippen LogP) is 3.82. The lowest BCUT2D eigenvalue weighted by Crippen LogP contribution is -2.32. The zero-order valence-electron chi connectivity index (χ0n) is 19.4. The van der Waals surface area contributed by atoms with Crippen LogP contribution in [0.1, 0.15) is 36.3 Å². The molecular weight excluding hydrogens is 458 g/mol. The van der Waals surface area contributed by atoms with E-state index < -0.39 is 0 Å². The third-order valence-electron chi connectivity index (χ3n) is 5.64. The van der Waals surface area contributed by atoms with Crippen LogP contribution >= 0.6 is 23.1 Å². The van der Waals surface area contributed by atoms with Gasteiger partial charge in [0.1, 0.15) is 4.83 Å². The molecule has 0 unspecified atom stereocenters. The number of hydrogen-bond donors (Lipinski definition) is 1. The Morgan fingerprint density at radius 3 is 2.76 bits per heavy atom. The molecule has 33 heavy (non-hydrogen) atoms. The fourth-order valence-electron chi connectivity index (χ4n) is 4.14. The van der Waals surface area contributed by atoms with Crippen LogP contribution in [0.2, 0.25) is 0 Å². The van der Waals surface area contributed by atoms with Crippen molar-refractivity contribution in [1.29, 1.82) is 0 Å². The maximum Gasteiger partial charge on any atom is 0.263 e. The van der Waals surface area contributed by atoms with E-state index in [-0.39, 0.29) is 23.3 Å². The number of amides is 1. The van der Waals surface area contributed by atoms with Crippen molar-refractivity contribution in [3.05, 3.63) is 44.6 Å². The molecule has 1 aliphatic carbocycles. The van der Waals surface area contributed by atoms with Crippen molar-refractivity contribution in [2.45, 2.75) is 57.3 Å². The Morgan fingerprint density at radius 2 is 2.03 bits per heavy atom. The maximum atomic E-state index is 13.6. The molecule has 1 N–H and O–H groups in total. The largest absolute Gasteiger partial charge is 0.493 e. The number of carbonyl (C=O) groups is 1. The van der Waals surface area contributed by atoms with Crippen LogP contribution in [0.15, 0.2) is 28.2 Å². The average Bonchev–Trinajstić information content (AvgIpc) is 3.37. The van der Waals surface area contributed by atoms with Gasteiger partial charge >= 0.3 is 0 Å². The lowest BCUT2D eigenvalue weighted by atomic mass is 10.1. The molecule has 4 rings (SSSR count). The number of benzene rings is 1. The molecule has 0 fully saturated rings. The summed E-state index contributed by atoms with van der Waals surface area (Å²) in [6.45, 7) is 4.33. The highest BCUT2D eigenvalue weighted by atomic mass is 32.2. The van der Waals surface area contributed by atoms with Crippen LogP contribution in [-0.4, -0.2) is 41.5 Å². The van der Waals surface area contributed by atoms with Crippen molar-refractivity contribution in [3.8, 4) is 11.5 Å². The van der Waals surface area contributed by atoms with E-state index in [1.165, 1.54) is 22.2 Å². The monoisotopic (exact) mass is 487 g/mol. The highest BCUT2D eigenvalue weighted by Gasteiger charge is 2.23. The van der Waals surface area contributed by atoms with Crippen LogP contribution in [0.25, 0.3) is 10.2 Å². The van der Waals surface area contributed by atoms with Gasteiger partial charge < -0.3 is 14.8 Å². The van der Waals surface area contributed by atoms with Crippen molar-refractivity contribution in [3.63, 3.8) is 0 Å². The Hall–Kier alpha value is -2.52. The van der Waals surface area contributed by atoms with Gasteiger partial charge in [-0.05, 0) is 62.8 Å². The summed E-state index contributed by atoms with van der Waals surface area (Å²) in [5.74, 6) is 1.48. The van der Waals surface area contributed by atoms with Crippen LogP contribution in [0.5, 0.6) is 11.5 Å². The fourth-order valence-corrected chi connectivity index (χ4v) is 6.28. The van der Waals surface area contributed by atoms with E-state index in [0.717, 1.165) is 35.0 Å². The number of hydrogen-bond acceptors (Lipinski definition) is 7. The zero-order chi connectivity index (χ0) is 23.5. The number of methoxy groups -OCH3 is 2. The number of thiophene rings is 1. The lowest BCUT2D eigenvalue weighted by molar-refractivity contribution is -0.119. The van der Waals surface area contributed by atoms with E-state index in [2.05, 4.69) is 5.32 Å². The molecule has 0 saturated heterocycles. The zero-order valence-corrected chi connectivity index (χ0v) is 21.0. The number of aryl methyl sites for hydroxylation is 3. The van der Waals surface area contributed by atoms with Crippen LogP contribution < -0.4 is 20.3 Å². The first-order valence-electron chi connectivity index (χ1n) is 11.1. The molecular formula is C24H29N3O4S2. The van der Waals surface area contributed by atoms with Gasteiger partial charge in [-0.1, -0.05) is 17.8 Å². The number of nitrogens with one attached hydrogen (secondary N) is 1. The highest BCUT2D eigenvalue weighted by Crippen LogP contribution is 2.35. The first-order chi connectivity index (χ1) is 15.9. The van der Waals surface area contributed by atoms with Gasteiger partial charge in [-0.3, -0.25) is 14.2 Å². The Bertz CT molecular complexity index is 1230. The van der Waals surface area contributed by atoms with E-state index in [1.54, 1.807) is 30.1 Å². The second-order valence-corrected chi connectivity index (χ2v) is 10.4. The van der Waals surface area contributed by atoms with Crippen LogP contribution in [0.4, 0.5) is 0 Å². The number of thioether (sulfide) groups is 1. The molecule has 0 saturated carbocycles. The van der Waals surface area contributed by atoms with Gasteiger partial charge in [0.25, 0.3) is 5.56 Å². The predicted molar refractivity (Wildman–Crippen MR) is 133 cm³/mol. The molecule has 2 aromatic heterocycles. The van der Waals surface area contributed by atoms with Crippen LogP contribution in [0.3, 0.4) is 0 Å². The minimum Gasteiger partial charge on any atom is -0.493 e. The first-order valence-corrected chi connectivity index (χ1v) is 12.9. The molecule has 176 valence electrons. The molecule has 1 amide bonds. The number of carbonyl (C=O) groups excluding carboxylic acids is 1. The van der Waals surface area contributed by atoms with E-state index in [4.69, 9.17) is 14.5 Å². The topological polar surface area (TPSA) is 82.5 Å². The first kappa shape index (κ1) is 23.6. The van der Waals surface area contributed by atoms with Crippen molar-refractivity contribution < 1.29 is 14.3 Å². The molecule has 0 spiro atoms. The van der Waals surface area contributed by atoms with E-state index >= 15 is 0 Å². The van der Waals surface area contributed by atoms with E-state index in [0.29, 0.717) is 29.6 Å². The summed E-state index contributed by atoms with van der Waals surface area (Å²) in [5.41, 5.74) is 2.19. The summed E-state index contributed by atoms with van der Waals surface area (Å²) in [6, 6.07) is 5.85.